The van der Waals surface area contributed by atoms with Crippen molar-refractivity contribution < 1.29 is 9.90 Å². The van der Waals surface area contributed by atoms with Crippen LogP contribution in [0.5, 0.6) is 0 Å². The first kappa shape index (κ1) is 22.6. The van der Waals surface area contributed by atoms with Gasteiger partial charge in [-0.3, -0.25) is 4.79 Å². The lowest BCUT2D eigenvalue weighted by Crippen LogP contribution is -2.58. The summed E-state index contributed by atoms with van der Waals surface area (Å²) >= 11 is 0. The van der Waals surface area contributed by atoms with Gasteiger partial charge in [-0.2, -0.15) is 0 Å². The highest BCUT2D eigenvalue weighted by molar-refractivity contribution is 5.91. The van der Waals surface area contributed by atoms with Crippen LogP contribution in [0.25, 0.3) is 0 Å². The molecule has 0 saturated heterocycles. The van der Waals surface area contributed by atoms with Crippen molar-refractivity contribution >= 4 is 5.78 Å². The lowest BCUT2D eigenvalue weighted by atomic mass is 9.45. The maximum atomic E-state index is 12.1. The SMILES string of the molecule is CC(C)[C@@H](C)CC[C@@H](C)[C@H]1CC[C@H]2[C@@H]3CC[C@@H]4CC(=O)C=C[C@]4(C)[C@H]3C[C@H](O)[C@]12C. The first-order valence-corrected chi connectivity index (χ1v) is 13.0. The molecular formula is C28H46O2. The van der Waals surface area contributed by atoms with E-state index < -0.39 is 0 Å². The molecule has 0 aliphatic heterocycles. The fourth-order valence-corrected chi connectivity index (χ4v) is 8.62. The summed E-state index contributed by atoms with van der Waals surface area (Å²) in [6.45, 7) is 14.4. The Morgan fingerprint density at radius 1 is 1.03 bits per heavy atom. The number of carbonyl (C=O) groups excluding carboxylic acids is 1. The van der Waals surface area contributed by atoms with Crippen LogP contribution in [0, 0.1) is 58.2 Å². The van der Waals surface area contributed by atoms with E-state index in [0.29, 0.717) is 35.4 Å². The van der Waals surface area contributed by atoms with E-state index in [1.54, 1.807) is 0 Å². The Kier molecular flexibility index (Phi) is 6.06. The fraction of sp³-hybridized carbons (Fsp3) is 0.893. The molecule has 4 rings (SSSR count). The standard InChI is InChI=1S/C28H46O2/c1-17(2)18(3)7-8-19(4)23-11-12-24-22-10-9-20-15-21(29)13-14-27(20,5)25(22)16-26(30)28(23,24)6/h13-14,17-20,22-26,30H,7-12,15-16H2,1-6H3/t18-,19+,20+,22-,23+,24-,25-,26-,27-,28+/m0/s1. The summed E-state index contributed by atoms with van der Waals surface area (Å²) < 4.78 is 0. The molecule has 4 aliphatic rings. The van der Waals surface area contributed by atoms with E-state index in [9.17, 15) is 9.90 Å². The zero-order valence-corrected chi connectivity index (χ0v) is 20.4. The van der Waals surface area contributed by atoms with Gasteiger partial charge in [0.2, 0.25) is 0 Å². The number of rotatable bonds is 5. The van der Waals surface area contributed by atoms with Crippen LogP contribution in [-0.4, -0.2) is 17.0 Å². The monoisotopic (exact) mass is 414 g/mol. The van der Waals surface area contributed by atoms with Crippen molar-refractivity contribution in [2.45, 2.75) is 99.0 Å². The number of ketones is 1. The van der Waals surface area contributed by atoms with E-state index >= 15 is 0 Å². The Balaban J connectivity index is 1.54. The molecule has 1 N–H and O–H groups in total. The van der Waals surface area contributed by atoms with Crippen molar-refractivity contribution in [2.75, 3.05) is 0 Å². The Morgan fingerprint density at radius 3 is 2.47 bits per heavy atom. The molecule has 170 valence electrons. The number of hydrogen-bond acceptors (Lipinski definition) is 2. The van der Waals surface area contributed by atoms with E-state index in [0.717, 1.165) is 30.6 Å². The van der Waals surface area contributed by atoms with Crippen LogP contribution >= 0.6 is 0 Å². The molecule has 10 atom stereocenters. The summed E-state index contributed by atoms with van der Waals surface area (Å²) in [6.07, 6.45) is 13.3. The number of fused-ring (bicyclic) bond motifs is 5. The molecule has 2 nitrogen and oxygen atoms in total. The molecule has 4 aliphatic carbocycles. The van der Waals surface area contributed by atoms with Gasteiger partial charge in [0.05, 0.1) is 6.10 Å². The summed E-state index contributed by atoms with van der Waals surface area (Å²) in [7, 11) is 0. The predicted octanol–water partition coefficient (Wildman–Crippen LogP) is 6.67. The molecule has 0 amide bonds. The Labute approximate surface area is 185 Å². The van der Waals surface area contributed by atoms with Gasteiger partial charge in [0, 0.05) is 6.42 Å². The second-order valence-electron chi connectivity index (χ2n) is 12.6. The first-order chi connectivity index (χ1) is 14.1. The normalized spacial score (nSPS) is 47.5. The van der Waals surface area contributed by atoms with Crippen LogP contribution in [0.15, 0.2) is 12.2 Å². The molecule has 0 aromatic carbocycles. The molecule has 0 radical (unpaired) electrons. The third-order valence-corrected chi connectivity index (χ3v) is 11.1. The molecule has 0 bridgehead atoms. The highest BCUT2D eigenvalue weighted by Crippen LogP contribution is 2.67. The van der Waals surface area contributed by atoms with Gasteiger partial charge in [-0.05, 0) is 96.4 Å². The van der Waals surface area contributed by atoms with Crippen molar-refractivity contribution in [1.29, 1.82) is 0 Å². The van der Waals surface area contributed by atoms with Gasteiger partial charge in [-0.1, -0.05) is 60.5 Å². The summed E-state index contributed by atoms with van der Waals surface area (Å²) in [5, 5.41) is 11.6. The van der Waals surface area contributed by atoms with Gasteiger partial charge < -0.3 is 5.11 Å². The van der Waals surface area contributed by atoms with Gasteiger partial charge in [0.1, 0.15) is 0 Å². The van der Waals surface area contributed by atoms with Crippen LogP contribution < -0.4 is 0 Å². The Bertz CT molecular complexity index is 680. The van der Waals surface area contributed by atoms with Crippen LogP contribution in [-0.2, 0) is 4.79 Å². The molecule has 3 saturated carbocycles. The van der Waals surface area contributed by atoms with E-state index in [1.807, 2.05) is 6.08 Å². The molecule has 0 heterocycles. The van der Waals surface area contributed by atoms with Gasteiger partial charge in [-0.15, -0.1) is 0 Å². The molecule has 0 aromatic heterocycles. The Hall–Kier alpha value is -0.630. The Morgan fingerprint density at radius 2 is 1.77 bits per heavy atom. The molecule has 0 aromatic rings. The van der Waals surface area contributed by atoms with Crippen molar-refractivity contribution in [3.05, 3.63) is 12.2 Å². The zero-order valence-electron chi connectivity index (χ0n) is 20.4. The van der Waals surface area contributed by atoms with Gasteiger partial charge in [0.15, 0.2) is 5.78 Å². The van der Waals surface area contributed by atoms with Crippen molar-refractivity contribution in [3.8, 4) is 0 Å². The van der Waals surface area contributed by atoms with Crippen LogP contribution in [0.1, 0.15) is 92.9 Å². The van der Waals surface area contributed by atoms with Gasteiger partial charge >= 0.3 is 0 Å². The minimum atomic E-state index is -0.192. The van der Waals surface area contributed by atoms with E-state index in [4.69, 9.17) is 0 Å². The van der Waals surface area contributed by atoms with Gasteiger partial charge in [-0.25, -0.2) is 0 Å². The van der Waals surface area contributed by atoms with E-state index in [1.165, 1.54) is 38.5 Å². The lowest BCUT2D eigenvalue weighted by molar-refractivity contribution is -0.154. The molecular weight excluding hydrogens is 368 g/mol. The summed E-state index contributed by atoms with van der Waals surface area (Å²) in [4.78, 5) is 12.1. The molecule has 0 unspecified atom stereocenters. The van der Waals surface area contributed by atoms with E-state index in [2.05, 4.69) is 47.6 Å². The van der Waals surface area contributed by atoms with Crippen molar-refractivity contribution in [3.63, 3.8) is 0 Å². The summed E-state index contributed by atoms with van der Waals surface area (Å²) in [6, 6.07) is 0. The summed E-state index contributed by atoms with van der Waals surface area (Å²) in [5.41, 5.74) is 0.189. The van der Waals surface area contributed by atoms with Gasteiger partial charge in [0.25, 0.3) is 0 Å². The predicted molar refractivity (Wildman–Crippen MR) is 124 cm³/mol. The zero-order chi connectivity index (χ0) is 21.8. The molecule has 30 heavy (non-hydrogen) atoms. The summed E-state index contributed by atoms with van der Waals surface area (Å²) in [5.74, 6) is 5.63. The minimum Gasteiger partial charge on any atom is -0.393 e. The topological polar surface area (TPSA) is 37.3 Å². The highest BCUT2D eigenvalue weighted by atomic mass is 16.3. The lowest BCUT2D eigenvalue weighted by Gasteiger charge is -2.60. The maximum absolute atomic E-state index is 12.1. The third kappa shape index (κ3) is 3.44. The van der Waals surface area contributed by atoms with E-state index in [-0.39, 0.29) is 16.9 Å². The largest absolute Gasteiger partial charge is 0.393 e. The maximum Gasteiger partial charge on any atom is 0.155 e. The average Bonchev–Trinajstić information content (AvgIpc) is 3.06. The smallest absolute Gasteiger partial charge is 0.155 e. The number of carbonyl (C=O) groups is 1. The quantitative estimate of drug-likeness (QED) is 0.545. The number of allylic oxidation sites excluding steroid dienone is 2. The molecule has 0 spiro atoms. The van der Waals surface area contributed by atoms with Crippen molar-refractivity contribution in [2.24, 2.45) is 58.2 Å². The first-order valence-electron chi connectivity index (χ1n) is 13.0. The van der Waals surface area contributed by atoms with Crippen LogP contribution in [0.3, 0.4) is 0 Å². The van der Waals surface area contributed by atoms with Crippen molar-refractivity contribution in [1.82, 2.24) is 0 Å². The number of aliphatic hydroxyl groups excluding tert-OH is 1. The van der Waals surface area contributed by atoms with Crippen LogP contribution in [0.2, 0.25) is 0 Å². The average molecular weight is 415 g/mol. The highest BCUT2D eigenvalue weighted by Gasteiger charge is 2.63. The molecule has 3 fully saturated rings. The second kappa shape index (κ2) is 8.05. The minimum absolute atomic E-state index is 0.0824. The molecule has 2 heteroatoms. The van der Waals surface area contributed by atoms with Crippen LogP contribution in [0.4, 0.5) is 0 Å². The number of hydrogen-bond donors (Lipinski definition) is 1. The second-order valence-corrected chi connectivity index (χ2v) is 12.6. The third-order valence-electron chi connectivity index (χ3n) is 11.1. The fourth-order valence-electron chi connectivity index (χ4n) is 8.62. The number of aliphatic hydroxyl groups is 1.